The van der Waals surface area contributed by atoms with Crippen LogP contribution in [-0.2, 0) is 0 Å². The van der Waals surface area contributed by atoms with E-state index < -0.39 is 11.6 Å². The summed E-state index contributed by atoms with van der Waals surface area (Å²) in [4.78, 5) is 27.5. The molecule has 1 heterocycles. The van der Waals surface area contributed by atoms with Crippen molar-refractivity contribution in [2.24, 2.45) is 0 Å². The fourth-order valence-corrected chi connectivity index (χ4v) is 3.54. The number of ketones is 2. The second-order valence-electron chi connectivity index (χ2n) is 6.48. The van der Waals surface area contributed by atoms with Crippen LogP contribution in [0.2, 0.25) is 0 Å². The van der Waals surface area contributed by atoms with Gasteiger partial charge >= 0.3 is 0 Å². The monoisotopic (exact) mass is 364 g/mol. The summed E-state index contributed by atoms with van der Waals surface area (Å²) < 4.78 is 0. The molecule has 0 saturated heterocycles. The molecule has 134 valence electrons. The van der Waals surface area contributed by atoms with Crippen LogP contribution in [0, 0.1) is 11.3 Å². The van der Waals surface area contributed by atoms with E-state index in [1.54, 1.807) is 30.3 Å². The number of rotatable bonds is 3. The highest BCUT2D eigenvalue weighted by Crippen LogP contribution is 2.35. The standard InChI is InChI=1S/C24H16N2O2/c1-2-12-26-13-11-16(18-7-5-6-10-21(18)26)14-17(15-25)22-23(27)19-8-3-4-9-20(19)24(22)28/h2-11,13-14H,1,12H2/b16-14+. The quantitative estimate of drug-likeness (QED) is 0.348. The summed E-state index contributed by atoms with van der Waals surface area (Å²) in [5.74, 6) is -0.786. The van der Waals surface area contributed by atoms with E-state index in [1.807, 2.05) is 47.5 Å². The number of fused-ring (bicyclic) bond motifs is 2. The second kappa shape index (κ2) is 6.98. The van der Waals surface area contributed by atoms with Crippen molar-refractivity contribution in [2.75, 3.05) is 11.4 Å². The van der Waals surface area contributed by atoms with Gasteiger partial charge in [-0.25, -0.2) is 0 Å². The molecule has 1 aliphatic heterocycles. The average molecular weight is 364 g/mol. The summed E-state index contributed by atoms with van der Waals surface area (Å²) in [5.41, 5.74) is 3.40. The molecule has 4 nitrogen and oxygen atoms in total. The first-order valence-electron chi connectivity index (χ1n) is 8.85. The molecule has 0 bridgehead atoms. The summed E-state index contributed by atoms with van der Waals surface area (Å²) in [7, 11) is 0. The Labute approximate surface area is 163 Å². The van der Waals surface area contributed by atoms with E-state index in [1.165, 1.54) is 0 Å². The number of Topliss-reactive ketones (excluding diaryl/α,β-unsaturated/α-hetero) is 2. The Morgan fingerprint density at radius 1 is 1.00 bits per heavy atom. The van der Waals surface area contributed by atoms with Crippen molar-refractivity contribution in [1.29, 1.82) is 5.26 Å². The van der Waals surface area contributed by atoms with Gasteiger partial charge in [-0.2, -0.15) is 5.26 Å². The number of hydrogen-bond donors (Lipinski definition) is 0. The highest BCUT2D eigenvalue weighted by molar-refractivity contribution is 6.40. The van der Waals surface area contributed by atoms with Gasteiger partial charge in [-0.3, -0.25) is 9.59 Å². The highest BCUT2D eigenvalue weighted by atomic mass is 16.2. The minimum Gasteiger partial charge on any atom is -0.344 e. The first kappa shape index (κ1) is 17.4. The number of nitrogens with zero attached hydrogens (tertiary/aromatic N) is 2. The van der Waals surface area contributed by atoms with Crippen LogP contribution >= 0.6 is 0 Å². The third kappa shape index (κ3) is 2.70. The number of nitriles is 1. The Morgan fingerprint density at radius 3 is 2.21 bits per heavy atom. The molecule has 0 saturated carbocycles. The second-order valence-corrected chi connectivity index (χ2v) is 6.48. The lowest BCUT2D eigenvalue weighted by atomic mass is 9.95. The maximum atomic E-state index is 12.7. The molecule has 0 amide bonds. The van der Waals surface area contributed by atoms with Crippen LogP contribution in [0.4, 0.5) is 5.69 Å². The average Bonchev–Trinajstić information content (AvgIpc) is 2.98. The zero-order chi connectivity index (χ0) is 19.7. The number of carbonyl (C=O) groups is 2. The molecule has 0 spiro atoms. The van der Waals surface area contributed by atoms with Gasteiger partial charge in [0.2, 0.25) is 0 Å². The maximum absolute atomic E-state index is 12.7. The Kier molecular flexibility index (Phi) is 4.35. The lowest BCUT2D eigenvalue weighted by Crippen LogP contribution is -2.19. The Hall–Kier alpha value is -3.97. The number of allylic oxidation sites excluding steroid dienone is 5. The number of para-hydroxylation sites is 1. The van der Waals surface area contributed by atoms with Crippen LogP contribution in [0.1, 0.15) is 26.3 Å². The van der Waals surface area contributed by atoms with Gasteiger partial charge in [0, 0.05) is 35.1 Å². The predicted molar refractivity (Wildman–Crippen MR) is 109 cm³/mol. The van der Waals surface area contributed by atoms with Gasteiger partial charge in [0.1, 0.15) is 6.07 Å². The van der Waals surface area contributed by atoms with Crippen molar-refractivity contribution < 1.29 is 9.59 Å². The molecular formula is C24H16N2O2. The Balaban J connectivity index is 1.85. The van der Waals surface area contributed by atoms with Crippen molar-refractivity contribution in [2.45, 2.75) is 0 Å². The molecule has 4 rings (SSSR count). The van der Waals surface area contributed by atoms with Gasteiger partial charge in [0.25, 0.3) is 0 Å². The van der Waals surface area contributed by atoms with Crippen molar-refractivity contribution in [3.63, 3.8) is 0 Å². The SMILES string of the molecule is C=CCN1C=C/C(=C\C(C#N)=C2C(=O)c3ccccc3C2=O)c2ccccc21. The number of hydrogen-bond acceptors (Lipinski definition) is 4. The van der Waals surface area contributed by atoms with E-state index in [0.29, 0.717) is 17.7 Å². The first-order valence-corrected chi connectivity index (χ1v) is 8.85. The number of benzene rings is 2. The van der Waals surface area contributed by atoms with E-state index in [9.17, 15) is 14.9 Å². The maximum Gasteiger partial charge on any atom is 0.199 e. The molecule has 0 aromatic heterocycles. The molecule has 4 heteroatoms. The van der Waals surface area contributed by atoms with E-state index in [4.69, 9.17) is 0 Å². The molecule has 2 aromatic carbocycles. The van der Waals surface area contributed by atoms with Gasteiger partial charge in [0.05, 0.1) is 11.1 Å². The molecule has 0 N–H and O–H groups in total. The minimum atomic E-state index is -0.393. The van der Waals surface area contributed by atoms with E-state index >= 15 is 0 Å². The molecule has 2 aliphatic rings. The summed E-state index contributed by atoms with van der Waals surface area (Å²) in [6.07, 6.45) is 7.21. The smallest absolute Gasteiger partial charge is 0.199 e. The zero-order valence-electron chi connectivity index (χ0n) is 15.1. The van der Waals surface area contributed by atoms with Crippen molar-refractivity contribution in [3.8, 4) is 6.07 Å². The summed E-state index contributed by atoms with van der Waals surface area (Å²) in [6, 6.07) is 16.5. The van der Waals surface area contributed by atoms with Crippen molar-refractivity contribution >= 4 is 22.8 Å². The minimum absolute atomic E-state index is 0.0596. The van der Waals surface area contributed by atoms with Crippen LogP contribution < -0.4 is 4.90 Å². The van der Waals surface area contributed by atoms with E-state index in [-0.39, 0.29) is 11.1 Å². The largest absolute Gasteiger partial charge is 0.344 e. The van der Waals surface area contributed by atoms with Gasteiger partial charge < -0.3 is 4.90 Å². The van der Waals surface area contributed by atoms with Crippen LogP contribution in [-0.4, -0.2) is 18.1 Å². The highest BCUT2D eigenvalue weighted by Gasteiger charge is 2.35. The summed E-state index contributed by atoms with van der Waals surface area (Å²) >= 11 is 0. The van der Waals surface area contributed by atoms with Gasteiger partial charge in [-0.1, -0.05) is 48.5 Å². The molecule has 2 aromatic rings. The van der Waals surface area contributed by atoms with Gasteiger partial charge in [0.15, 0.2) is 11.6 Å². The Bertz CT molecular complexity index is 1120. The zero-order valence-corrected chi connectivity index (χ0v) is 15.1. The van der Waals surface area contributed by atoms with Gasteiger partial charge in [-0.05, 0) is 23.8 Å². The lowest BCUT2D eigenvalue weighted by molar-refractivity contribution is 0.0988. The van der Waals surface area contributed by atoms with Crippen LogP contribution in [0.15, 0.2) is 90.7 Å². The number of anilines is 1. The molecular weight excluding hydrogens is 348 g/mol. The van der Waals surface area contributed by atoms with Crippen LogP contribution in [0.25, 0.3) is 5.57 Å². The summed E-state index contributed by atoms with van der Waals surface area (Å²) in [5, 5.41) is 9.71. The van der Waals surface area contributed by atoms with Crippen molar-refractivity contribution in [1.82, 2.24) is 0 Å². The third-order valence-electron chi connectivity index (χ3n) is 4.84. The summed E-state index contributed by atoms with van der Waals surface area (Å²) in [6.45, 7) is 4.43. The third-order valence-corrected chi connectivity index (χ3v) is 4.84. The molecule has 0 radical (unpaired) electrons. The molecule has 0 atom stereocenters. The number of carbonyl (C=O) groups excluding carboxylic acids is 2. The van der Waals surface area contributed by atoms with E-state index in [2.05, 4.69) is 12.6 Å². The van der Waals surface area contributed by atoms with Crippen LogP contribution in [0.3, 0.4) is 0 Å². The predicted octanol–water partition coefficient (Wildman–Crippen LogP) is 4.49. The van der Waals surface area contributed by atoms with E-state index in [0.717, 1.165) is 16.8 Å². The molecule has 28 heavy (non-hydrogen) atoms. The molecule has 0 fully saturated rings. The normalized spacial score (nSPS) is 16.0. The Morgan fingerprint density at radius 2 is 1.61 bits per heavy atom. The van der Waals surface area contributed by atoms with Gasteiger partial charge in [-0.15, -0.1) is 6.58 Å². The first-order chi connectivity index (χ1) is 13.7. The lowest BCUT2D eigenvalue weighted by Gasteiger charge is -2.26. The van der Waals surface area contributed by atoms with Crippen LogP contribution in [0.5, 0.6) is 0 Å². The fraction of sp³-hybridized carbons (Fsp3) is 0.0417. The molecule has 1 aliphatic carbocycles. The molecule has 0 unspecified atom stereocenters. The fourth-order valence-electron chi connectivity index (χ4n) is 3.54. The van der Waals surface area contributed by atoms with Crippen molar-refractivity contribution in [3.05, 3.63) is 107 Å². The topological polar surface area (TPSA) is 61.2 Å².